The number of nitrogens with zero attached hydrogens (tertiary/aromatic N) is 4. The normalized spacial score (nSPS) is 19.1. The Bertz CT molecular complexity index is 671. The number of ether oxygens (including phenoxy) is 1. The monoisotopic (exact) mass is 328 g/mol. The molecule has 0 spiro atoms. The molecule has 1 aromatic carbocycles. The second kappa shape index (κ2) is 7.47. The fourth-order valence-corrected chi connectivity index (χ4v) is 3.02. The smallest absolute Gasteiger partial charge is 0.247 e. The molecule has 2 aromatic rings. The first-order valence-electron chi connectivity index (χ1n) is 8.54. The number of aromatic nitrogens is 3. The fraction of sp³-hybridized carbons (Fsp3) is 0.500. The number of rotatable bonds is 5. The van der Waals surface area contributed by atoms with Gasteiger partial charge in [0.25, 0.3) is 0 Å². The van der Waals surface area contributed by atoms with Crippen molar-refractivity contribution in [2.45, 2.75) is 51.8 Å². The molecule has 1 aliphatic rings. The molecule has 1 aliphatic heterocycles. The maximum Gasteiger partial charge on any atom is 0.247 e. The summed E-state index contributed by atoms with van der Waals surface area (Å²) in [7, 11) is 0. The lowest BCUT2D eigenvalue weighted by atomic mass is 10.0. The predicted octanol–water partition coefficient (Wildman–Crippen LogP) is 2.82. The average molecular weight is 328 g/mol. The van der Waals surface area contributed by atoms with E-state index in [4.69, 9.17) is 4.74 Å². The molecule has 1 saturated heterocycles. The van der Waals surface area contributed by atoms with E-state index in [0.29, 0.717) is 18.3 Å². The SMILES string of the molecule is C[C@H]1CCCCN1C(=O)[C@H](C)n1cc(COc2ccccc2)nn1. The zero-order valence-corrected chi connectivity index (χ0v) is 14.3. The van der Waals surface area contributed by atoms with Crippen LogP contribution >= 0.6 is 0 Å². The Kier molecular flexibility index (Phi) is 5.13. The zero-order chi connectivity index (χ0) is 16.9. The summed E-state index contributed by atoms with van der Waals surface area (Å²) in [6.07, 6.45) is 5.14. The van der Waals surface area contributed by atoms with Gasteiger partial charge in [-0.15, -0.1) is 5.10 Å². The van der Waals surface area contributed by atoms with E-state index in [-0.39, 0.29) is 11.9 Å². The molecule has 3 rings (SSSR count). The van der Waals surface area contributed by atoms with E-state index in [2.05, 4.69) is 17.2 Å². The number of carbonyl (C=O) groups excluding carboxylic acids is 1. The van der Waals surface area contributed by atoms with E-state index in [1.165, 1.54) is 6.42 Å². The predicted molar refractivity (Wildman–Crippen MR) is 90.5 cm³/mol. The summed E-state index contributed by atoms with van der Waals surface area (Å²) in [4.78, 5) is 14.7. The van der Waals surface area contributed by atoms with Crippen molar-refractivity contribution in [3.8, 4) is 5.75 Å². The van der Waals surface area contributed by atoms with E-state index in [9.17, 15) is 4.79 Å². The third kappa shape index (κ3) is 3.75. The summed E-state index contributed by atoms with van der Waals surface area (Å²) in [5, 5.41) is 8.22. The maximum atomic E-state index is 12.7. The quantitative estimate of drug-likeness (QED) is 0.847. The molecule has 6 nitrogen and oxygen atoms in total. The molecule has 2 heterocycles. The maximum absolute atomic E-state index is 12.7. The Labute approximate surface area is 142 Å². The second-order valence-electron chi connectivity index (χ2n) is 6.34. The summed E-state index contributed by atoms with van der Waals surface area (Å²) in [6, 6.07) is 9.54. The molecule has 0 bridgehead atoms. The van der Waals surface area contributed by atoms with Gasteiger partial charge in [-0.2, -0.15) is 0 Å². The van der Waals surface area contributed by atoms with E-state index >= 15 is 0 Å². The highest BCUT2D eigenvalue weighted by molar-refractivity contribution is 5.80. The molecule has 0 radical (unpaired) electrons. The van der Waals surface area contributed by atoms with Gasteiger partial charge in [0, 0.05) is 12.6 Å². The van der Waals surface area contributed by atoms with Crippen molar-refractivity contribution in [3.05, 3.63) is 42.2 Å². The van der Waals surface area contributed by atoms with Crippen LogP contribution in [0.2, 0.25) is 0 Å². The van der Waals surface area contributed by atoms with Gasteiger partial charge < -0.3 is 9.64 Å². The highest BCUT2D eigenvalue weighted by Crippen LogP contribution is 2.20. The number of likely N-dealkylation sites (tertiary alicyclic amines) is 1. The van der Waals surface area contributed by atoms with Gasteiger partial charge in [0.1, 0.15) is 24.1 Å². The van der Waals surface area contributed by atoms with Crippen LogP contribution in [0.15, 0.2) is 36.5 Å². The molecule has 2 atom stereocenters. The topological polar surface area (TPSA) is 60.2 Å². The van der Waals surface area contributed by atoms with Crippen LogP contribution in [0, 0.1) is 0 Å². The van der Waals surface area contributed by atoms with Gasteiger partial charge in [-0.05, 0) is 45.2 Å². The van der Waals surface area contributed by atoms with Crippen molar-refractivity contribution in [1.82, 2.24) is 19.9 Å². The third-order valence-corrected chi connectivity index (χ3v) is 4.53. The van der Waals surface area contributed by atoms with Crippen LogP contribution in [0.1, 0.15) is 44.8 Å². The first kappa shape index (κ1) is 16.5. The molecule has 6 heteroatoms. The minimum Gasteiger partial charge on any atom is -0.487 e. The van der Waals surface area contributed by atoms with Crippen molar-refractivity contribution in [3.63, 3.8) is 0 Å². The fourth-order valence-electron chi connectivity index (χ4n) is 3.02. The van der Waals surface area contributed by atoms with Crippen LogP contribution in [0.25, 0.3) is 0 Å². The largest absolute Gasteiger partial charge is 0.487 e. The van der Waals surface area contributed by atoms with Gasteiger partial charge in [0.2, 0.25) is 5.91 Å². The van der Waals surface area contributed by atoms with Crippen molar-refractivity contribution < 1.29 is 9.53 Å². The van der Waals surface area contributed by atoms with Gasteiger partial charge in [0.15, 0.2) is 0 Å². The van der Waals surface area contributed by atoms with Gasteiger partial charge in [-0.25, -0.2) is 4.68 Å². The highest BCUT2D eigenvalue weighted by Gasteiger charge is 2.28. The molecule has 1 amide bonds. The lowest BCUT2D eigenvalue weighted by Gasteiger charge is -2.35. The van der Waals surface area contributed by atoms with Crippen LogP contribution in [-0.2, 0) is 11.4 Å². The number of benzene rings is 1. The Morgan fingerprint density at radius 1 is 1.33 bits per heavy atom. The van der Waals surface area contributed by atoms with E-state index in [0.717, 1.165) is 25.1 Å². The van der Waals surface area contributed by atoms with Crippen molar-refractivity contribution in [2.24, 2.45) is 0 Å². The number of piperidine rings is 1. The molecule has 24 heavy (non-hydrogen) atoms. The molecular formula is C18H24N4O2. The minimum absolute atomic E-state index is 0.114. The standard InChI is InChI=1S/C18H24N4O2/c1-14-8-6-7-11-21(14)18(23)15(2)22-12-16(19-20-22)13-24-17-9-4-3-5-10-17/h3-5,9-10,12,14-15H,6-8,11,13H2,1-2H3/t14-,15-/m0/s1. The van der Waals surface area contributed by atoms with Crippen LogP contribution < -0.4 is 4.74 Å². The van der Waals surface area contributed by atoms with Crippen LogP contribution in [-0.4, -0.2) is 38.4 Å². The van der Waals surface area contributed by atoms with Crippen molar-refractivity contribution in [2.75, 3.05) is 6.54 Å². The molecule has 0 aliphatic carbocycles. The lowest BCUT2D eigenvalue weighted by molar-refractivity contribution is -0.137. The second-order valence-corrected chi connectivity index (χ2v) is 6.34. The Morgan fingerprint density at radius 3 is 2.88 bits per heavy atom. The molecule has 0 saturated carbocycles. The summed E-state index contributed by atoms with van der Waals surface area (Å²) in [6.45, 7) is 5.17. The van der Waals surface area contributed by atoms with Crippen LogP contribution in [0.4, 0.5) is 0 Å². The molecule has 1 fully saturated rings. The number of carbonyl (C=O) groups is 1. The van der Waals surface area contributed by atoms with E-state index < -0.39 is 0 Å². The summed E-state index contributed by atoms with van der Waals surface area (Å²) < 4.78 is 7.30. The first-order valence-corrected chi connectivity index (χ1v) is 8.54. The number of para-hydroxylation sites is 1. The lowest BCUT2D eigenvalue weighted by Crippen LogP contribution is -2.45. The molecule has 1 aromatic heterocycles. The number of amides is 1. The number of hydrogen-bond donors (Lipinski definition) is 0. The first-order chi connectivity index (χ1) is 11.6. The van der Waals surface area contributed by atoms with E-state index in [1.807, 2.05) is 42.2 Å². The van der Waals surface area contributed by atoms with Gasteiger partial charge >= 0.3 is 0 Å². The number of hydrogen-bond acceptors (Lipinski definition) is 4. The highest BCUT2D eigenvalue weighted by atomic mass is 16.5. The minimum atomic E-state index is -0.344. The molecule has 0 unspecified atom stereocenters. The van der Waals surface area contributed by atoms with Gasteiger partial charge in [-0.1, -0.05) is 23.4 Å². The van der Waals surface area contributed by atoms with Gasteiger partial charge in [0.05, 0.1) is 6.20 Å². The van der Waals surface area contributed by atoms with E-state index in [1.54, 1.807) is 10.9 Å². The Hall–Kier alpha value is -2.37. The Morgan fingerprint density at radius 2 is 2.12 bits per heavy atom. The van der Waals surface area contributed by atoms with Crippen LogP contribution in [0.5, 0.6) is 5.75 Å². The molecule has 128 valence electrons. The summed E-state index contributed by atoms with van der Waals surface area (Å²) >= 11 is 0. The summed E-state index contributed by atoms with van der Waals surface area (Å²) in [5.41, 5.74) is 0.713. The Balaban J connectivity index is 1.60. The van der Waals surface area contributed by atoms with Crippen molar-refractivity contribution in [1.29, 1.82) is 0 Å². The summed E-state index contributed by atoms with van der Waals surface area (Å²) in [5.74, 6) is 0.904. The molecular weight excluding hydrogens is 304 g/mol. The average Bonchev–Trinajstić information content (AvgIpc) is 3.09. The van der Waals surface area contributed by atoms with Crippen LogP contribution in [0.3, 0.4) is 0 Å². The third-order valence-electron chi connectivity index (χ3n) is 4.53. The van der Waals surface area contributed by atoms with Crippen molar-refractivity contribution >= 4 is 5.91 Å². The zero-order valence-electron chi connectivity index (χ0n) is 14.3. The molecule has 0 N–H and O–H groups in total. The van der Waals surface area contributed by atoms with Gasteiger partial charge in [-0.3, -0.25) is 4.79 Å².